The SMILES string of the molecule is CCCCCCCCCCCCCCCC#CC1=C(c2cccc(CCCC)c2)[N+](=[N-])C(c2cccc(CCCC)c2)=C1CCCC. The summed E-state index contributed by atoms with van der Waals surface area (Å²) in [7, 11) is 0. The van der Waals surface area contributed by atoms with E-state index in [4.69, 9.17) is 0 Å². The fourth-order valence-electron chi connectivity index (χ4n) is 6.79. The Hall–Kier alpha value is -2.92. The fourth-order valence-corrected chi connectivity index (χ4v) is 6.79. The normalized spacial score (nSPS) is 13.1. The van der Waals surface area contributed by atoms with Crippen LogP contribution in [-0.4, -0.2) is 4.70 Å². The summed E-state index contributed by atoms with van der Waals surface area (Å²) >= 11 is 0. The second-order valence-corrected chi connectivity index (χ2v) is 13.9. The van der Waals surface area contributed by atoms with Crippen LogP contribution in [0.5, 0.6) is 0 Å². The predicted octanol–water partition coefficient (Wildman–Crippen LogP) is 14.2. The summed E-state index contributed by atoms with van der Waals surface area (Å²) in [6.45, 7) is 9.03. The van der Waals surface area contributed by atoms with Gasteiger partial charge >= 0.3 is 0 Å². The highest BCUT2D eigenvalue weighted by atomic mass is 15.2. The minimum atomic E-state index is 0.862. The number of hydrogen-bond donors (Lipinski definition) is 0. The van der Waals surface area contributed by atoms with Gasteiger partial charge in [-0.1, -0.05) is 160 Å². The quantitative estimate of drug-likeness (QED) is 0.0624. The zero-order valence-electron chi connectivity index (χ0n) is 30.8. The number of aryl methyl sites for hydroxylation is 2. The van der Waals surface area contributed by atoms with Gasteiger partial charge in [0, 0.05) is 23.1 Å². The number of rotatable bonds is 24. The van der Waals surface area contributed by atoms with Crippen molar-refractivity contribution in [3.8, 4) is 11.8 Å². The van der Waals surface area contributed by atoms with Gasteiger partial charge in [-0.2, -0.15) is 0 Å². The van der Waals surface area contributed by atoms with Gasteiger partial charge < -0.3 is 5.53 Å². The van der Waals surface area contributed by atoms with Crippen LogP contribution >= 0.6 is 0 Å². The van der Waals surface area contributed by atoms with E-state index in [2.05, 4.69) is 88.1 Å². The lowest BCUT2D eigenvalue weighted by Crippen LogP contribution is -2.03. The highest BCUT2D eigenvalue weighted by molar-refractivity contribution is 5.85. The first-order chi connectivity index (χ1) is 23.1. The zero-order chi connectivity index (χ0) is 33.5. The van der Waals surface area contributed by atoms with Crippen molar-refractivity contribution >= 4 is 11.4 Å². The molecule has 0 bridgehead atoms. The van der Waals surface area contributed by atoms with E-state index in [0.29, 0.717) is 0 Å². The summed E-state index contributed by atoms with van der Waals surface area (Å²) < 4.78 is 1.48. The first-order valence-electron chi connectivity index (χ1n) is 19.8. The van der Waals surface area contributed by atoms with E-state index >= 15 is 0 Å². The maximum absolute atomic E-state index is 12.0. The average molecular weight is 635 g/mol. The predicted molar refractivity (Wildman–Crippen MR) is 205 cm³/mol. The molecule has 0 saturated carbocycles. The third-order valence-corrected chi connectivity index (χ3v) is 9.69. The van der Waals surface area contributed by atoms with Crippen LogP contribution in [0.2, 0.25) is 0 Å². The number of benzene rings is 2. The zero-order valence-corrected chi connectivity index (χ0v) is 30.8. The van der Waals surface area contributed by atoms with Crippen LogP contribution in [0.15, 0.2) is 59.7 Å². The summed E-state index contributed by atoms with van der Waals surface area (Å²) in [5, 5.41) is 0. The third kappa shape index (κ3) is 13.2. The molecule has 0 aromatic heterocycles. The van der Waals surface area contributed by atoms with Gasteiger partial charge in [-0.3, -0.25) is 0 Å². The Bertz CT molecular complexity index is 1330. The summed E-state index contributed by atoms with van der Waals surface area (Å²) in [6.07, 6.45) is 28.6. The van der Waals surface area contributed by atoms with Gasteiger partial charge in [0.15, 0.2) is 0 Å². The van der Waals surface area contributed by atoms with E-state index in [-0.39, 0.29) is 0 Å². The molecule has 0 unspecified atom stereocenters. The van der Waals surface area contributed by atoms with E-state index in [0.717, 1.165) is 73.0 Å². The van der Waals surface area contributed by atoms with E-state index < -0.39 is 0 Å². The minimum absolute atomic E-state index is 0.862. The van der Waals surface area contributed by atoms with Crippen molar-refractivity contribution in [1.82, 2.24) is 0 Å². The number of hydrogen-bond acceptors (Lipinski definition) is 0. The van der Waals surface area contributed by atoms with E-state index in [1.807, 2.05) is 0 Å². The lowest BCUT2D eigenvalue weighted by molar-refractivity contribution is -0.345. The number of unbranched alkanes of at least 4 members (excludes halogenated alkanes) is 16. The molecule has 2 heteroatoms. The highest BCUT2D eigenvalue weighted by Gasteiger charge is 2.35. The van der Waals surface area contributed by atoms with E-state index in [9.17, 15) is 5.53 Å². The molecule has 0 fully saturated rings. The Morgan fingerprint density at radius 1 is 0.511 bits per heavy atom. The molecule has 0 saturated heterocycles. The van der Waals surface area contributed by atoms with Gasteiger partial charge in [-0.25, -0.2) is 4.70 Å². The Morgan fingerprint density at radius 3 is 1.47 bits per heavy atom. The lowest BCUT2D eigenvalue weighted by atomic mass is 9.94. The molecule has 1 heterocycles. The molecule has 3 rings (SSSR count). The van der Waals surface area contributed by atoms with Crippen molar-refractivity contribution in [2.75, 3.05) is 0 Å². The van der Waals surface area contributed by atoms with Crippen molar-refractivity contribution in [1.29, 1.82) is 0 Å². The maximum atomic E-state index is 12.0. The number of allylic oxidation sites excluding steroid dienone is 2. The summed E-state index contributed by atoms with van der Waals surface area (Å²) in [5.41, 5.74) is 20.9. The smallest absolute Gasteiger partial charge is 0.223 e. The van der Waals surface area contributed by atoms with Gasteiger partial charge in [-0.05, 0) is 80.3 Å². The van der Waals surface area contributed by atoms with E-state index in [1.54, 1.807) is 0 Å². The first kappa shape index (κ1) is 38.5. The molecule has 2 aromatic rings. The molecule has 0 spiro atoms. The van der Waals surface area contributed by atoms with Gasteiger partial charge in [0.1, 0.15) is 5.57 Å². The second-order valence-electron chi connectivity index (χ2n) is 13.9. The number of nitrogens with zero attached hydrogens (tertiary/aromatic N) is 2. The van der Waals surface area contributed by atoms with Crippen molar-refractivity contribution in [2.45, 2.75) is 175 Å². The Kier molecular flexibility index (Phi) is 19.2. The van der Waals surface area contributed by atoms with Crippen LogP contribution in [-0.2, 0) is 12.8 Å². The largest absolute Gasteiger partial charge is 0.493 e. The van der Waals surface area contributed by atoms with Crippen molar-refractivity contribution < 1.29 is 4.70 Å². The topological polar surface area (TPSA) is 25.3 Å². The van der Waals surface area contributed by atoms with Gasteiger partial charge in [0.05, 0.1) is 0 Å². The summed E-state index contributed by atoms with van der Waals surface area (Å²) in [4.78, 5) is 0. The molecular weight excluding hydrogens is 569 g/mol. The summed E-state index contributed by atoms with van der Waals surface area (Å²) in [6, 6.07) is 17.6. The Balaban J connectivity index is 1.74. The molecule has 0 atom stereocenters. The van der Waals surface area contributed by atoms with E-state index in [1.165, 1.54) is 124 Å². The molecule has 1 aliphatic rings. The maximum Gasteiger partial charge on any atom is 0.223 e. The second kappa shape index (κ2) is 23.4. The summed E-state index contributed by atoms with van der Waals surface area (Å²) in [5.74, 6) is 7.22. The Morgan fingerprint density at radius 2 is 0.957 bits per heavy atom. The minimum Gasteiger partial charge on any atom is -0.493 e. The molecule has 256 valence electrons. The monoisotopic (exact) mass is 635 g/mol. The Labute approximate surface area is 290 Å². The molecule has 0 amide bonds. The molecule has 2 aromatic carbocycles. The molecular formula is C45H66N2. The van der Waals surface area contributed by atoms with Gasteiger partial charge in [0.25, 0.3) is 0 Å². The first-order valence-corrected chi connectivity index (χ1v) is 19.8. The average Bonchev–Trinajstić information content (AvgIpc) is 3.37. The highest BCUT2D eigenvalue weighted by Crippen LogP contribution is 2.42. The van der Waals surface area contributed by atoms with Crippen LogP contribution in [0.1, 0.15) is 185 Å². The van der Waals surface area contributed by atoms with Gasteiger partial charge in [-0.15, -0.1) is 0 Å². The van der Waals surface area contributed by atoms with Crippen LogP contribution in [0.3, 0.4) is 0 Å². The molecule has 47 heavy (non-hydrogen) atoms. The molecule has 1 aliphatic heterocycles. The lowest BCUT2D eigenvalue weighted by Gasteiger charge is -2.11. The standard InChI is InChI=1S/C45H66N2/c1-5-9-13-14-15-16-17-18-19-20-21-22-23-24-25-35-43-42(34-12-8-4)44(40-32-26-30-38(36-40)28-10-6-2)47(46)45(43)41-33-27-31-39(37-41)29-11-7-3/h26-27,30-33,36-37H,5-24,28-29,34H2,1-4H3. The fraction of sp³-hybridized carbons (Fsp3) is 0.600. The van der Waals surface area contributed by atoms with Crippen molar-refractivity contribution in [3.05, 3.63) is 87.5 Å². The van der Waals surface area contributed by atoms with Crippen LogP contribution in [0, 0.1) is 11.8 Å². The van der Waals surface area contributed by atoms with Crippen molar-refractivity contribution in [2.24, 2.45) is 0 Å². The van der Waals surface area contributed by atoms with Crippen molar-refractivity contribution in [3.63, 3.8) is 0 Å². The van der Waals surface area contributed by atoms with Gasteiger partial charge in [0.2, 0.25) is 11.4 Å². The van der Waals surface area contributed by atoms with Crippen LogP contribution in [0.25, 0.3) is 16.9 Å². The van der Waals surface area contributed by atoms with Crippen LogP contribution in [0.4, 0.5) is 0 Å². The molecule has 2 nitrogen and oxygen atoms in total. The molecule has 0 aliphatic carbocycles. The molecule has 0 N–H and O–H groups in total. The third-order valence-electron chi connectivity index (χ3n) is 9.69. The molecule has 0 radical (unpaired) electrons. The van der Waals surface area contributed by atoms with Crippen LogP contribution < -0.4 is 0 Å².